The van der Waals surface area contributed by atoms with E-state index in [0.29, 0.717) is 12.0 Å². The van der Waals surface area contributed by atoms with E-state index in [-0.39, 0.29) is 0 Å². The first kappa shape index (κ1) is 14.6. The van der Waals surface area contributed by atoms with Crippen molar-refractivity contribution >= 4 is 11.3 Å². The van der Waals surface area contributed by atoms with E-state index in [1.807, 2.05) is 11.3 Å². The molecule has 3 heteroatoms. The second-order valence-corrected chi connectivity index (χ2v) is 7.73. The fourth-order valence-corrected chi connectivity index (χ4v) is 5.17. The molecule has 3 unspecified atom stereocenters. The van der Waals surface area contributed by atoms with E-state index in [9.17, 15) is 0 Å². The molecule has 0 N–H and O–H groups in total. The number of thiophene rings is 1. The van der Waals surface area contributed by atoms with Crippen LogP contribution in [0.15, 0.2) is 17.5 Å². The van der Waals surface area contributed by atoms with Crippen LogP contribution in [-0.4, -0.2) is 41.5 Å². The molecule has 0 amide bonds. The monoisotopic (exact) mass is 292 g/mol. The van der Waals surface area contributed by atoms with Crippen LogP contribution in [0.5, 0.6) is 0 Å². The minimum absolute atomic E-state index is 0.614. The van der Waals surface area contributed by atoms with Crippen molar-refractivity contribution in [2.45, 2.75) is 58.2 Å². The Bertz CT molecular complexity index is 415. The molecule has 2 aliphatic heterocycles. The molecule has 20 heavy (non-hydrogen) atoms. The number of nitrogens with zero attached hydrogens (tertiary/aromatic N) is 2. The van der Waals surface area contributed by atoms with E-state index in [2.05, 4.69) is 48.1 Å². The van der Waals surface area contributed by atoms with Gasteiger partial charge in [0.25, 0.3) is 0 Å². The molecule has 112 valence electrons. The zero-order chi connectivity index (χ0) is 14.1. The van der Waals surface area contributed by atoms with Crippen molar-refractivity contribution in [2.75, 3.05) is 19.6 Å². The molecule has 0 aromatic carbocycles. The fraction of sp³-hybridized carbons (Fsp3) is 0.765. The third kappa shape index (κ3) is 2.68. The summed E-state index contributed by atoms with van der Waals surface area (Å²) in [5, 5.41) is 2.23. The first-order chi connectivity index (χ1) is 9.70. The Morgan fingerprint density at radius 1 is 1.35 bits per heavy atom. The molecule has 3 rings (SSSR count). The minimum Gasteiger partial charge on any atom is -0.298 e. The van der Waals surface area contributed by atoms with Gasteiger partial charge >= 0.3 is 0 Å². The van der Waals surface area contributed by atoms with Crippen molar-refractivity contribution < 1.29 is 0 Å². The number of rotatable bonds is 4. The maximum absolute atomic E-state index is 2.84. The average molecular weight is 292 g/mol. The SMILES string of the molecule is CCC1CN2CCCC2CN1C(c1cccs1)C(C)C. The highest BCUT2D eigenvalue weighted by atomic mass is 32.1. The van der Waals surface area contributed by atoms with Crippen LogP contribution in [0.25, 0.3) is 0 Å². The fourth-order valence-electron chi connectivity index (χ4n) is 4.15. The molecule has 2 aliphatic rings. The van der Waals surface area contributed by atoms with Gasteiger partial charge in [-0.15, -0.1) is 11.3 Å². The van der Waals surface area contributed by atoms with Gasteiger partial charge in [-0.1, -0.05) is 26.8 Å². The highest BCUT2D eigenvalue weighted by molar-refractivity contribution is 7.10. The van der Waals surface area contributed by atoms with E-state index in [0.717, 1.165) is 12.1 Å². The summed E-state index contributed by atoms with van der Waals surface area (Å²) >= 11 is 1.94. The van der Waals surface area contributed by atoms with Gasteiger partial charge in [-0.25, -0.2) is 0 Å². The molecular weight excluding hydrogens is 264 g/mol. The molecule has 3 atom stereocenters. The molecule has 1 aromatic rings. The Labute approximate surface area is 127 Å². The lowest BCUT2D eigenvalue weighted by Gasteiger charge is -2.48. The van der Waals surface area contributed by atoms with Crippen molar-refractivity contribution in [3.8, 4) is 0 Å². The van der Waals surface area contributed by atoms with E-state index in [1.54, 1.807) is 4.88 Å². The standard InChI is InChI=1S/C17H28N2S/c1-4-14-11-18-9-5-7-15(18)12-19(14)17(13(2)3)16-8-6-10-20-16/h6,8,10,13-15,17H,4-5,7,9,11-12H2,1-3H3. The Balaban J connectivity index is 1.84. The van der Waals surface area contributed by atoms with Crippen LogP contribution in [0, 0.1) is 5.92 Å². The molecule has 0 saturated carbocycles. The highest BCUT2D eigenvalue weighted by Gasteiger charge is 2.39. The summed E-state index contributed by atoms with van der Waals surface area (Å²) < 4.78 is 0. The quantitative estimate of drug-likeness (QED) is 0.827. The molecule has 2 nitrogen and oxygen atoms in total. The van der Waals surface area contributed by atoms with Gasteiger partial charge < -0.3 is 0 Å². The van der Waals surface area contributed by atoms with E-state index in [4.69, 9.17) is 0 Å². The summed E-state index contributed by atoms with van der Waals surface area (Å²) in [5.74, 6) is 0.690. The molecule has 2 saturated heterocycles. The zero-order valence-electron chi connectivity index (χ0n) is 13.1. The summed E-state index contributed by atoms with van der Waals surface area (Å²) in [6.45, 7) is 11.0. The van der Waals surface area contributed by atoms with Crippen molar-refractivity contribution in [3.05, 3.63) is 22.4 Å². The van der Waals surface area contributed by atoms with Gasteiger partial charge in [0.05, 0.1) is 0 Å². The van der Waals surface area contributed by atoms with Gasteiger partial charge in [0.15, 0.2) is 0 Å². The molecule has 3 heterocycles. The first-order valence-electron chi connectivity index (χ1n) is 8.24. The maximum Gasteiger partial charge on any atom is 0.0468 e. The molecule has 0 radical (unpaired) electrons. The molecule has 0 aliphatic carbocycles. The van der Waals surface area contributed by atoms with Crippen LogP contribution in [0.2, 0.25) is 0 Å². The van der Waals surface area contributed by atoms with E-state index in [1.165, 1.54) is 38.9 Å². The van der Waals surface area contributed by atoms with Crippen LogP contribution in [0.4, 0.5) is 0 Å². The van der Waals surface area contributed by atoms with Gasteiger partial charge in [0.2, 0.25) is 0 Å². The predicted octanol–water partition coefficient (Wildman–Crippen LogP) is 4.00. The van der Waals surface area contributed by atoms with Crippen molar-refractivity contribution in [1.82, 2.24) is 9.80 Å². The van der Waals surface area contributed by atoms with Crippen molar-refractivity contribution in [3.63, 3.8) is 0 Å². The number of hydrogen-bond acceptors (Lipinski definition) is 3. The normalized spacial score (nSPS) is 29.8. The molecule has 0 bridgehead atoms. The summed E-state index contributed by atoms with van der Waals surface area (Å²) in [6.07, 6.45) is 4.08. The van der Waals surface area contributed by atoms with Crippen molar-refractivity contribution in [1.29, 1.82) is 0 Å². The molecular formula is C17H28N2S. The highest BCUT2D eigenvalue weighted by Crippen LogP contribution is 2.37. The second-order valence-electron chi connectivity index (χ2n) is 6.75. The summed E-state index contributed by atoms with van der Waals surface area (Å²) in [6, 6.07) is 6.71. The average Bonchev–Trinajstić information content (AvgIpc) is 3.08. The number of piperazine rings is 1. The third-order valence-corrected chi connectivity index (χ3v) is 6.07. The lowest BCUT2D eigenvalue weighted by Crippen LogP contribution is -2.57. The Morgan fingerprint density at radius 3 is 2.85 bits per heavy atom. The Kier molecular flexibility index (Phi) is 4.49. The summed E-state index contributed by atoms with van der Waals surface area (Å²) in [7, 11) is 0. The Hall–Kier alpha value is -0.380. The van der Waals surface area contributed by atoms with Crippen molar-refractivity contribution in [2.24, 2.45) is 5.92 Å². The van der Waals surface area contributed by atoms with Crippen LogP contribution in [0.3, 0.4) is 0 Å². The van der Waals surface area contributed by atoms with Crippen LogP contribution < -0.4 is 0 Å². The lowest BCUT2D eigenvalue weighted by molar-refractivity contribution is 0.00431. The van der Waals surface area contributed by atoms with Gasteiger partial charge in [-0.05, 0) is 43.2 Å². The minimum atomic E-state index is 0.614. The smallest absolute Gasteiger partial charge is 0.0468 e. The van der Waals surface area contributed by atoms with Gasteiger partial charge in [0, 0.05) is 36.1 Å². The predicted molar refractivity (Wildman–Crippen MR) is 87.3 cm³/mol. The van der Waals surface area contributed by atoms with Crippen LogP contribution >= 0.6 is 11.3 Å². The van der Waals surface area contributed by atoms with Crippen LogP contribution in [0.1, 0.15) is 51.0 Å². The molecule has 1 aromatic heterocycles. The van der Waals surface area contributed by atoms with Crippen LogP contribution in [-0.2, 0) is 0 Å². The lowest BCUT2D eigenvalue weighted by atomic mass is 9.94. The number of fused-ring (bicyclic) bond motifs is 1. The summed E-state index contributed by atoms with van der Waals surface area (Å²) in [5.41, 5.74) is 0. The van der Waals surface area contributed by atoms with Gasteiger partial charge in [-0.2, -0.15) is 0 Å². The maximum atomic E-state index is 2.84. The number of hydrogen-bond donors (Lipinski definition) is 0. The second kappa shape index (κ2) is 6.17. The zero-order valence-corrected chi connectivity index (χ0v) is 13.9. The molecule has 0 spiro atoms. The first-order valence-corrected chi connectivity index (χ1v) is 9.11. The van der Waals surface area contributed by atoms with E-state index >= 15 is 0 Å². The van der Waals surface area contributed by atoms with Gasteiger partial charge in [0.1, 0.15) is 0 Å². The third-order valence-electron chi connectivity index (χ3n) is 5.13. The van der Waals surface area contributed by atoms with E-state index < -0.39 is 0 Å². The summed E-state index contributed by atoms with van der Waals surface area (Å²) in [4.78, 5) is 7.14. The largest absolute Gasteiger partial charge is 0.298 e. The van der Waals surface area contributed by atoms with Gasteiger partial charge in [-0.3, -0.25) is 9.80 Å². The molecule has 2 fully saturated rings. The Morgan fingerprint density at radius 2 is 2.20 bits per heavy atom. The topological polar surface area (TPSA) is 6.48 Å².